The first-order chi connectivity index (χ1) is 9.46. The predicted molar refractivity (Wildman–Crippen MR) is 92.7 cm³/mol. The van der Waals surface area contributed by atoms with Crippen molar-refractivity contribution in [1.29, 1.82) is 0 Å². The molecule has 2 rings (SSSR count). The van der Waals surface area contributed by atoms with Gasteiger partial charge in [0.05, 0.1) is 0 Å². The minimum absolute atomic E-state index is 0.152. The zero-order chi connectivity index (χ0) is 14.6. The molecule has 20 heavy (non-hydrogen) atoms. The Morgan fingerprint density at radius 2 is 1.85 bits per heavy atom. The van der Waals surface area contributed by atoms with Crippen LogP contribution in [0.15, 0.2) is 45.6 Å². The Bertz CT molecular complexity index is 527. The zero-order valence-electron chi connectivity index (χ0n) is 12.3. The lowest BCUT2D eigenvalue weighted by Gasteiger charge is -2.25. The molecule has 0 aliphatic heterocycles. The summed E-state index contributed by atoms with van der Waals surface area (Å²) in [4.78, 5) is 0. The van der Waals surface area contributed by atoms with Gasteiger partial charge in [0.15, 0.2) is 0 Å². The van der Waals surface area contributed by atoms with Gasteiger partial charge in [0, 0.05) is 27.9 Å². The molecule has 1 aromatic heterocycles. The van der Waals surface area contributed by atoms with Crippen LogP contribution in [0.25, 0.3) is 0 Å². The van der Waals surface area contributed by atoms with Crippen molar-refractivity contribution in [3.63, 3.8) is 0 Å². The SMILES string of the molecule is CC(C)(C)NCC(Cc1cscc1Br)c1ccccc1. The molecule has 1 aromatic carbocycles. The first-order valence-corrected chi connectivity index (χ1v) is 8.70. The lowest BCUT2D eigenvalue weighted by molar-refractivity contribution is 0.405. The Balaban J connectivity index is 2.14. The van der Waals surface area contributed by atoms with Crippen molar-refractivity contribution < 1.29 is 0 Å². The lowest BCUT2D eigenvalue weighted by Crippen LogP contribution is -2.39. The monoisotopic (exact) mass is 351 g/mol. The van der Waals surface area contributed by atoms with Gasteiger partial charge >= 0.3 is 0 Å². The molecule has 2 aromatic rings. The van der Waals surface area contributed by atoms with Crippen molar-refractivity contribution in [2.75, 3.05) is 6.54 Å². The molecule has 0 bridgehead atoms. The van der Waals surface area contributed by atoms with E-state index < -0.39 is 0 Å². The highest BCUT2D eigenvalue weighted by atomic mass is 79.9. The summed E-state index contributed by atoms with van der Waals surface area (Å²) in [5.74, 6) is 0.501. The van der Waals surface area contributed by atoms with E-state index in [0.717, 1.165) is 13.0 Å². The van der Waals surface area contributed by atoms with Crippen LogP contribution >= 0.6 is 27.3 Å². The third kappa shape index (κ3) is 4.72. The summed E-state index contributed by atoms with van der Waals surface area (Å²) in [5, 5.41) is 8.05. The minimum atomic E-state index is 0.152. The molecule has 3 heteroatoms. The fraction of sp³-hybridized carbons (Fsp3) is 0.412. The summed E-state index contributed by atoms with van der Waals surface area (Å²) in [6, 6.07) is 10.8. The number of nitrogens with one attached hydrogen (secondary N) is 1. The molecule has 0 fully saturated rings. The molecular formula is C17H22BrNS. The van der Waals surface area contributed by atoms with Gasteiger partial charge in [-0.05, 0) is 59.6 Å². The molecule has 1 N–H and O–H groups in total. The summed E-state index contributed by atoms with van der Waals surface area (Å²) in [7, 11) is 0. The molecule has 0 aliphatic carbocycles. The van der Waals surface area contributed by atoms with Gasteiger partial charge in [0.2, 0.25) is 0 Å². The van der Waals surface area contributed by atoms with Crippen LogP contribution in [0.4, 0.5) is 0 Å². The maximum Gasteiger partial charge on any atom is 0.0314 e. The number of rotatable bonds is 5. The van der Waals surface area contributed by atoms with Crippen LogP contribution in [-0.2, 0) is 6.42 Å². The van der Waals surface area contributed by atoms with Crippen LogP contribution in [0.2, 0.25) is 0 Å². The molecule has 0 radical (unpaired) electrons. The summed E-state index contributed by atoms with van der Waals surface area (Å²) in [5.41, 5.74) is 2.96. The molecule has 0 saturated heterocycles. The third-order valence-electron chi connectivity index (χ3n) is 3.30. The molecule has 0 saturated carbocycles. The van der Waals surface area contributed by atoms with Gasteiger partial charge < -0.3 is 5.32 Å². The van der Waals surface area contributed by atoms with E-state index in [1.54, 1.807) is 11.3 Å². The number of hydrogen-bond acceptors (Lipinski definition) is 2. The number of halogens is 1. The van der Waals surface area contributed by atoms with Gasteiger partial charge in [0.1, 0.15) is 0 Å². The standard InChI is InChI=1S/C17H22BrNS/c1-17(2,3)19-10-14(13-7-5-4-6-8-13)9-15-11-20-12-16(15)18/h4-8,11-12,14,19H,9-10H2,1-3H3. The molecule has 1 unspecified atom stereocenters. The highest BCUT2D eigenvalue weighted by molar-refractivity contribution is 9.10. The molecule has 1 heterocycles. The maximum atomic E-state index is 3.65. The Morgan fingerprint density at radius 1 is 1.15 bits per heavy atom. The van der Waals surface area contributed by atoms with E-state index >= 15 is 0 Å². The van der Waals surface area contributed by atoms with Gasteiger partial charge in [-0.1, -0.05) is 30.3 Å². The normalized spacial score (nSPS) is 13.4. The Morgan fingerprint density at radius 3 is 2.40 bits per heavy atom. The van der Waals surface area contributed by atoms with E-state index in [1.165, 1.54) is 15.6 Å². The minimum Gasteiger partial charge on any atom is -0.311 e. The molecule has 108 valence electrons. The Labute approximate surface area is 134 Å². The average Bonchev–Trinajstić information content (AvgIpc) is 2.80. The van der Waals surface area contributed by atoms with Crippen LogP contribution in [-0.4, -0.2) is 12.1 Å². The van der Waals surface area contributed by atoms with Crippen LogP contribution < -0.4 is 5.32 Å². The first-order valence-electron chi connectivity index (χ1n) is 6.96. The smallest absolute Gasteiger partial charge is 0.0314 e. The van der Waals surface area contributed by atoms with Crippen molar-refractivity contribution in [3.05, 3.63) is 56.7 Å². The van der Waals surface area contributed by atoms with E-state index in [9.17, 15) is 0 Å². The summed E-state index contributed by atoms with van der Waals surface area (Å²) in [6.45, 7) is 7.65. The summed E-state index contributed by atoms with van der Waals surface area (Å²) >= 11 is 5.41. The second-order valence-electron chi connectivity index (χ2n) is 6.19. The third-order valence-corrected chi connectivity index (χ3v) is 5.14. The van der Waals surface area contributed by atoms with Gasteiger partial charge in [0.25, 0.3) is 0 Å². The van der Waals surface area contributed by atoms with E-state index in [0.29, 0.717) is 5.92 Å². The number of thiophene rings is 1. The van der Waals surface area contributed by atoms with Crippen LogP contribution in [0.1, 0.15) is 37.8 Å². The largest absolute Gasteiger partial charge is 0.311 e. The van der Waals surface area contributed by atoms with Crippen molar-refractivity contribution >= 4 is 27.3 Å². The molecule has 1 nitrogen and oxygen atoms in total. The lowest BCUT2D eigenvalue weighted by atomic mass is 9.92. The fourth-order valence-electron chi connectivity index (χ4n) is 2.18. The van der Waals surface area contributed by atoms with Crippen LogP contribution in [0, 0.1) is 0 Å². The van der Waals surface area contributed by atoms with Gasteiger partial charge in [-0.3, -0.25) is 0 Å². The van der Waals surface area contributed by atoms with Crippen molar-refractivity contribution in [3.8, 4) is 0 Å². The highest BCUT2D eigenvalue weighted by Gasteiger charge is 2.17. The molecular weight excluding hydrogens is 330 g/mol. The van der Waals surface area contributed by atoms with Crippen molar-refractivity contribution in [2.45, 2.75) is 38.6 Å². The molecule has 0 aliphatic rings. The van der Waals surface area contributed by atoms with Crippen LogP contribution in [0.3, 0.4) is 0 Å². The van der Waals surface area contributed by atoms with E-state index in [2.05, 4.69) is 83.1 Å². The van der Waals surface area contributed by atoms with Crippen molar-refractivity contribution in [2.24, 2.45) is 0 Å². The highest BCUT2D eigenvalue weighted by Crippen LogP contribution is 2.28. The van der Waals surface area contributed by atoms with Crippen LogP contribution in [0.5, 0.6) is 0 Å². The van der Waals surface area contributed by atoms with Gasteiger partial charge in [-0.15, -0.1) is 0 Å². The Hall–Kier alpha value is -0.640. The average molecular weight is 352 g/mol. The maximum absolute atomic E-state index is 3.65. The molecule has 0 amide bonds. The zero-order valence-corrected chi connectivity index (χ0v) is 14.7. The fourth-order valence-corrected chi connectivity index (χ4v) is 3.66. The van der Waals surface area contributed by atoms with Crippen molar-refractivity contribution in [1.82, 2.24) is 5.32 Å². The van der Waals surface area contributed by atoms with E-state index in [1.807, 2.05) is 0 Å². The second-order valence-corrected chi connectivity index (χ2v) is 7.79. The second kappa shape index (κ2) is 6.88. The summed E-state index contributed by atoms with van der Waals surface area (Å²) < 4.78 is 1.24. The van der Waals surface area contributed by atoms with E-state index in [-0.39, 0.29) is 5.54 Å². The van der Waals surface area contributed by atoms with E-state index in [4.69, 9.17) is 0 Å². The van der Waals surface area contributed by atoms with Gasteiger partial charge in [-0.2, -0.15) is 11.3 Å². The molecule has 1 atom stereocenters. The quantitative estimate of drug-likeness (QED) is 0.777. The summed E-state index contributed by atoms with van der Waals surface area (Å²) in [6.07, 6.45) is 1.07. The predicted octanol–water partition coefficient (Wildman–Crippen LogP) is 5.23. The first kappa shape index (κ1) is 15.7. The number of hydrogen-bond donors (Lipinski definition) is 1. The molecule has 0 spiro atoms. The Kier molecular flexibility index (Phi) is 5.42. The van der Waals surface area contributed by atoms with Gasteiger partial charge in [-0.25, -0.2) is 0 Å². The number of benzene rings is 1. The topological polar surface area (TPSA) is 12.0 Å².